The van der Waals surface area contributed by atoms with Crippen LogP contribution >= 0.6 is 0 Å². The van der Waals surface area contributed by atoms with Crippen molar-refractivity contribution in [3.8, 4) is 0 Å². The number of rotatable bonds is 4. The number of nitrogens with two attached hydrogens (primary N) is 1. The SMILES string of the molecule is CC[C@@H](O)c1ccc(N2CC(C(N)=O)CCC2C)cc1. The van der Waals surface area contributed by atoms with Crippen molar-refractivity contribution in [3.63, 3.8) is 0 Å². The van der Waals surface area contributed by atoms with Gasteiger partial charge in [0, 0.05) is 18.3 Å². The predicted molar refractivity (Wildman–Crippen MR) is 80.4 cm³/mol. The fraction of sp³-hybridized carbons (Fsp3) is 0.562. The van der Waals surface area contributed by atoms with Crippen LogP contribution in [0.2, 0.25) is 0 Å². The van der Waals surface area contributed by atoms with Crippen molar-refractivity contribution in [3.05, 3.63) is 29.8 Å². The number of aliphatic hydroxyl groups excluding tert-OH is 1. The molecule has 3 atom stereocenters. The Bertz CT molecular complexity index is 458. The lowest BCUT2D eigenvalue weighted by Gasteiger charge is -2.38. The number of hydrogen-bond donors (Lipinski definition) is 2. The van der Waals surface area contributed by atoms with E-state index >= 15 is 0 Å². The van der Waals surface area contributed by atoms with Gasteiger partial charge in [-0.3, -0.25) is 4.79 Å². The molecule has 0 spiro atoms. The Morgan fingerprint density at radius 1 is 1.40 bits per heavy atom. The Morgan fingerprint density at radius 3 is 2.60 bits per heavy atom. The van der Waals surface area contributed by atoms with E-state index in [4.69, 9.17) is 5.73 Å². The summed E-state index contributed by atoms with van der Waals surface area (Å²) in [5.74, 6) is -0.271. The van der Waals surface area contributed by atoms with Crippen LogP contribution in [0.15, 0.2) is 24.3 Å². The number of amides is 1. The predicted octanol–water partition coefficient (Wildman–Crippen LogP) is 2.22. The molecule has 0 aliphatic carbocycles. The summed E-state index contributed by atoms with van der Waals surface area (Å²) in [7, 11) is 0. The number of aliphatic hydroxyl groups is 1. The maximum Gasteiger partial charge on any atom is 0.222 e. The van der Waals surface area contributed by atoms with E-state index in [9.17, 15) is 9.90 Å². The molecule has 4 nitrogen and oxygen atoms in total. The maximum atomic E-state index is 11.4. The minimum atomic E-state index is -0.402. The van der Waals surface area contributed by atoms with E-state index in [1.807, 2.05) is 31.2 Å². The van der Waals surface area contributed by atoms with Crippen LogP contribution in [0.25, 0.3) is 0 Å². The van der Waals surface area contributed by atoms with E-state index in [1.165, 1.54) is 0 Å². The molecule has 2 rings (SSSR count). The van der Waals surface area contributed by atoms with Gasteiger partial charge in [-0.25, -0.2) is 0 Å². The molecule has 1 aromatic carbocycles. The van der Waals surface area contributed by atoms with Gasteiger partial charge in [0.2, 0.25) is 5.91 Å². The summed E-state index contributed by atoms with van der Waals surface area (Å²) in [5, 5.41) is 9.82. The van der Waals surface area contributed by atoms with Crippen molar-refractivity contribution in [2.24, 2.45) is 11.7 Å². The molecular formula is C16H24N2O2. The van der Waals surface area contributed by atoms with Crippen molar-refractivity contribution in [1.29, 1.82) is 0 Å². The first-order chi connectivity index (χ1) is 9.52. The highest BCUT2D eigenvalue weighted by Gasteiger charge is 2.28. The van der Waals surface area contributed by atoms with Gasteiger partial charge >= 0.3 is 0 Å². The second kappa shape index (κ2) is 6.27. The molecule has 1 aliphatic rings. The van der Waals surface area contributed by atoms with Crippen LogP contribution in [-0.2, 0) is 4.79 Å². The molecule has 20 heavy (non-hydrogen) atoms. The van der Waals surface area contributed by atoms with Gasteiger partial charge in [0.25, 0.3) is 0 Å². The average Bonchev–Trinajstić information content (AvgIpc) is 2.47. The third-order valence-corrected chi connectivity index (χ3v) is 4.28. The number of anilines is 1. The smallest absolute Gasteiger partial charge is 0.222 e. The van der Waals surface area contributed by atoms with Gasteiger partial charge in [0.15, 0.2) is 0 Å². The van der Waals surface area contributed by atoms with E-state index in [2.05, 4.69) is 11.8 Å². The monoisotopic (exact) mass is 276 g/mol. The van der Waals surface area contributed by atoms with E-state index in [1.54, 1.807) is 0 Å². The Balaban J connectivity index is 2.14. The number of carbonyl (C=O) groups is 1. The van der Waals surface area contributed by atoms with Crippen molar-refractivity contribution >= 4 is 11.6 Å². The first-order valence-corrected chi connectivity index (χ1v) is 7.37. The standard InChI is InChI=1S/C16H24N2O2/c1-3-15(19)12-6-8-14(9-7-12)18-10-13(16(17)20)5-4-11(18)2/h6-9,11,13,15,19H,3-5,10H2,1-2H3,(H2,17,20)/t11?,13?,15-/m1/s1. The quantitative estimate of drug-likeness (QED) is 0.886. The van der Waals surface area contributed by atoms with Gasteiger partial charge < -0.3 is 15.7 Å². The number of hydrogen-bond acceptors (Lipinski definition) is 3. The number of nitrogens with zero attached hydrogens (tertiary/aromatic N) is 1. The highest BCUT2D eigenvalue weighted by Crippen LogP contribution is 2.29. The zero-order valence-electron chi connectivity index (χ0n) is 12.2. The van der Waals surface area contributed by atoms with E-state index in [0.29, 0.717) is 19.0 Å². The highest BCUT2D eigenvalue weighted by molar-refractivity contribution is 5.77. The molecule has 3 N–H and O–H groups in total. The van der Waals surface area contributed by atoms with Crippen molar-refractivity contribution in [2.45, 2.75) is 45.3 Å². The molecule has 1 heterocycles. The van der Waals surface area contributed by atoms with Crippen LogP contribution in [0.3, 0.4) is 0 Å². The lowest BCUT2D eigenvalue weighted by Crippen LogP contribution is -2.45. The van der Waals surface area contributed by atoms with Gasteiger partial charge in [-0.2, -0.15) is 0 Å². The van der Waals surface area contributed by atoms with Crippen LogP contribution in [0.4, 0.5) is 5.69 Å². The third-order valence-electron chi connectivity index (χ3n) is 4.28. The largest absolute Gasteiger partial charge is 0.388 e. The molecule has 1 amide bonds. The molecule has 110 valence electrons. The molecule has 1 saturated heterocycles. The van der Waals surface area contributed by atoms with Gasteiger partial charge in [-0.05, 0) is 43.9 Å². The van der Waals surface area contributed by atoms with E-state index < -0.39 is 6.10 Å². The molecule has 0 radical (unpaired) electrons. The molecule has 0 aromatic heterocycles. The van der Waals surface area contributed by atoms with Gasteiger partial charge in [0.05, 0.1) is 12.0 Å². The molecular weight excluding hydrogens is 252 g/mol. The second-order valence-corrected chi connectivity index (χ2v) is 5.69. The fourth-order valence-electron chi connectivity index (χ4n) is 2.82. The summed E-state index contributed by atoms with van der Waals surface area (Å²) in [6, 6.07) is 8.38. The molecule has 1 aromatic rings. The van der Waals surface area contributed by atoms with Crippen LogP contribution < -0.4 is 10.6 Å². The summed E-state index contributed by atoms with van der Waals surface area (Å²) in [6.07, 6.45) is 2.16. The fourth-order valence-corrected chi connectivity index (χ4v) is 2.82. The van der Waals surface area contributed by atoms with Crippen LogP contribution in [-0.4, -0.2) is 23.6 Å². The molecule has 1 aliphatic heterocycles. The average molecular weight is 276 g/mol. The Morgan fingerprint density at radius 2 is 2.05 bits per heavy atom. The number of piperidine rings is 1. The van der Waals surface area contributed by atoms with Gasteiger partial charge in [-0.1, -0.05) is 19.1 Å². The molecule has 4 heteroatoms. The topological polar surface area (TPSA) is 66.6 Å². The first kappa shape index (κ1) is 14.9. The number of carbonyl (C=O) groups excluding carboxylic acids is 1. The Hall–Kier alpha value is -1.55. The summed E-state index contributed by atoms with van der Waals surface area (Å²) < 4.78 is 0. The van der Waals surface area contributed by atoms with Crippen LogP contribution in [0.1, 0.15) is 44.8 Å². The Labute approximate surface area is 120 Å². The minimum absolute atomic E-state index is 0.0629. The lowest BCUT2D eigenvalue weighted by molar-refractivity contribution is -0.122. The summed E-state index contributed by atoms with van der Waals surface area (Å²) in [4.78, 5) is 13.6. The molecule has 0 saturated carbocycles. The Kier molecular flexibility index (Phi) is 4.65. The van der Waals surface area contributed by atoms with Crippen LogP contribution in [0, 0.1) is 5.92 Å². The zero-order valence-corrected chi connectivity index (χ0v) is 12.2. The zero-order chi connectivity index (χ0) is 14.7. The number of primary amides is 1. The van der Waals surface area contributed by atoms with E-state index in [-0.39, 0.29) is 11.8 Å². The highest BCUT2D eigenvalue weighted by atomic mass is 16.3. The molecule has 1 fully saturated rings. The normalized spacial score (nSPS) is 24.4. The van der Waals surface area contributed by atoms with Crippen LogP contribution in [0.5, 0.6) is 0 Å². The minimum Gasteiger partial charge on any atom is -0.388 e. The summed E-state index contributed by atoms with van der Waals surface area (Å²) >= 11 is 0. The maximum absolute atomic E-state index is 11.4. The van der Waals surface area contributed by atoms with Crippen molar-refractivity contribution in [2.75, 3.05) is 11.4 Å². The third kappa shape index (κ3) is 3.12. The number of benzene rings is 1. The van der Waals surface area contributed by atoms with E-state index in [0.717, 1.165) is 24.1 Å². The van der Waals surface area contributed by atoms with Crippen molar-refractivity contribution in [1.82, 2.24) is 0 Å². The van der Waals surface area contributed by atoms with Crippen molar-refractivity contribution < 1.29 is 9.90 Å². The second-order valence-electron chi connectivity index (χ2n) is 5.69. The summed E-state index contributed by atoms with van der Waals surface area (Å²) in [6.45, 7) is 4.82. The lowest BCUT2D eigenvalue weighted by atomic mass is 9.92. The van der Waals surface area contributed by atoms with Gasteiger partial charge in [-0.15, -0.1) is 0 Å². The first-order valence-electron chi connectivity index (χ1n) is 7.37. The molecule has 0 bridgehead atoms. The van der Waals surface area contributed by atoms with Gasteiger partial charge in [0.1, 0.15) is 0 Å². The summed E-state index contributed by atoms with van der Waals surface area (Å²) in [5.41, 5.74) is 7.47. The molecule has 2 unspecified atom stereocenters.